The summed E-state index contributed by atoms with van der Waals surface area (Å²) in [5.74, 6) is -0.991. The summed E-state index contributed by atoms with van der Waals surface area (Å²) < 4.78 is 61.9. The van der Waals surface area contributed by atoms with Crippen molar-refractivity contribution < 1.29 is 26.7 Å². The molecule has 35 heavy (non-hydrogen) atoms. The van der Waals surface area contributed by atoms with Crippen LogP contribution in [0.15, 0.2) is 71.1 Å². The molecule has 11 heteroatoms. The number of halogens is 4. The lowest BCUT2D eigenvalue weighted by molar-refractivity contribution is -0.156. The zero-order chi connectivity index (χ0) is 24.6. The first-order valence-corrected chi connectivity index (χ1v) is 10.2. The number of nitrogen functional groups attached to an aromatic ring is 1. The first-order valence-electron chi connectivity index (χ1n) is 10.2. The average molecular weight is 481 g/mol. The van der Waals surface area contributed by atoms with E-state index in [1.165, 1.54) is 24.3 Å². The second kappa shape index (κ2) is 8.67. The zero-order valence-corrected chi connectivity index (χ0v) is 17.8. The van der Waals surface area contributed by atoms with Crippen molar-refractivity contribution in [3.8, 4) is 28.6 Å². The quantitative estimate of drug-likeness (QED) is 0.323. The molecule has 0 unspecified atom stereocenters. The molecule has 3 aromatic carbocycles. The highest BCUT2D eigenvalue weighted by atomic mass is 19.4. The summed E-state index contributed by atoms with van der Waals surface area (Å²) in [6.45, 7) is 0.212. The van der Waals surface area contributed by atoms with Crippen molar-refractivity contribution in [1.82, 2.24) is 20.2 Å². The number of nitrogens with zero attached hydrogens (tertiary/aromatic N) is 4. The molecule has 0 aliphatic carbocycles. The van der Waals surface area contributed by atoms with Gasteiger partial charge in [0, 0.05) is 16.5 Å². The van der Waals surface area contributed by atoms with Gasteiger partial charge in [-0.25, -0.2) is 14.4 Å². The Morgan fingerprint density at radius 1 is 0.886 bits per heavy atom. The zero-order valence-electron chi connectivity index (χ0n) is 17.8. The average Bonchev–Trinajstić information content (AvgIpc) is 3.34. The number of hydrogen-bond acceptors (Lipinski definition) is 7. The molecule has 0 atom stereocenters. The van der Waals surface area contributed by atoms with Crippen LogP contribution in [0.5, 0.6) is 5.75 Å². The Labute approximate surface area is 195 Å². The van der Waals surface area contributed by atoms with Gasteiger partial charge in [-0.15, -0.1) is 10.2 Å². The Bertz CT molecular complexity index is 1520. The van der Waals surface area contributed by atoms with Crippen LogP contribution >= 0.6 is 0 Å². The van der Waals surface area contributed by atoms with Gasteiger partial charge >= 0.3 is 12.1 Å². The van der Waals surface area contributed by atoms with E-state index in [-0.39, 0.29) is 29.7 Å². The topological polar surface area (TPSA) is 100.0 Å². The van der Waals surface area contributed by atoms with Gasteiger partial charge in [0.2, 0.25) is 5.89 Å². The summed E-state index contributed by atoms with van der Waals surface area (Å²) >= 11 is 0. The van der Waals surface area contributed by atoms with Crippen molar-refractivity contribution in [3.63, 3.8) is 0 Å². The summed E-state index contributed by atoms with van der Waals surface area (Å²) in [4.78, 5) is 8.82. The van der Waals surface area contributed by atoms with Crippen molar-refractivity contribution >= 4 is 16.7 Å². The summed E-state index contributed by atoms with van der Waals surface area (Å²) in [6.07, 6.45) is -4.74. The summed E-state index contributed by atoms with van der Waals surface area (Å²) in [5, 5.41) is 6.91. The van der Waals surface area contributed by atoms with E-state index < -0.39 is 12.1 Å². The molecule has 2 N–H and O–H groups in total. The third-order valence-electron chi connectivity index (χ3n) is 5.05. The number of fused-ring (bicyclic) bond motifs is 1. The Balaban J connectivity index is 1.37. The van der Waals surface area contributed by atoms with E-state index in [0.717, 1.165) is 0 Å². The predicted octanol–water partition coefficient (Wildman–Crippen LogP) is 5.67. The normalized spacial score (nSPS) is 11.7. The molecule has 176 valence electrons. The van der Waals surface area contributed by atoms with Crippen LogP contribution in [0.4, 0.5) is 23.4 Å². The van der Waals surface area contributed by atoms with Crippen LogP contribution in [0, 0.1) is 5.82 Å². The van der Waals surface area contributed by atoms with Gasteiger partial charge in [0.05, 0.1) is 5.52 Å². The molecule has 5 rings (SSSR count). The smallest absolute Gasteiger partial charge is 0.470 e. The van der Waals surface area contributed by atoms with E-state index in [0.29, 0.717) is 33.6 Å². The Hall–Kier alpha value is -4.54. The third kappa shape index (κ3) is 4.74. The van der Waals surface area contributed by atoms with E-state index in [1.54, 1.807) is 42.5 Å². The van der Waals surface area contributed by atoms with Gasteiger partial charge in [-0.3, -0.25) is 0 Å². The fourth-order valence-corrected chi connectivity index (χ4v) is 3.36. The molecule has 0 saturated carbocycles. The molecule has 0 radical (unpaired) electrons. The number of hydrogen-bond donors (Lipinski definition) is 1. The maximum atomic E-state index is 13.3. The molecule has 0 amide bonds. The molecule has 7 nitrogen and oxygen atoms in total. The van der Waals surface area contributed by atoms with Crippen LogP contribution in [-0.4, -0.2) is 20.2 Å². The monoisotopic (exact) mass is 481 g/mol. The molecule has 0 aliphatic rings. The van der Waals surface area contributed by atoms with Gasteiger partial charge in [-0.1, -0.05) is 12.1 Å². The minimum Gasteiger partial charge on any atom is -0.489 e. The predicted molar refractivity (Wildman–Crippen MR) is 118 cm³/mol. The maximum Gasteiger partial charge on any atom is 0.470 e. The van der Waals surface area contributed by atoms with Gasteiger partial charge in [0.25, 0.3) is 0 Å². The molecule has 0 saturated heterocycles. The fraction of sp³-hybridized carbons (Fsp3) is 0.0833. The molecule has 2 heterocycles. The molecule has 2 aromatic heterocycles. The van der Waals surface area contributed by atoms with Crippen molar-refractivity contribution in [2.45, 2.75) is 12.8 Å². The van der Waals surface area contributed by atoms with E-state index >= 15 is 0 Å². The van der Waals surface area contributed by atoms with Crippen LogP contribution in [0.2, 0.25) is 0 Å². The number of anilines is 1. The minimum absolute atomic E-state index is 0.133. The van der Waals surface area contributed by atoms with Crippen molar-refractivity contribution in [3.05, 3.63) is 84.0 Å². The number of alkyl halides is 3. The number of rotatable bonds is 5. The van der Waals surface area contributed by atoms with Crippen LogP contribution in [0.25, 0.3) is 33.7 Å². The molecule has 5 aromatic rings. The third-order valence-corrected chi connectivity index (χ3v) is 5.05. The van der Waals surface area contributed by atoms with Gasteiger partial charge in [0.1, 0.15) is 24.0 Å². The van der Waals surface area contributed by atoms with Crippen LogP contribution in [0.3, 0.4) is 0 Å². The second-order valence-electron chi connectivity index (χ2n) is 7.52. The van der Waals surface area contributed by atoms with E-state index in [4.69, 9.17) is 14.9 Å². The molecular weight excluding hydrogens is 466 g/mol. The lowest BCUT2D eigenvalue weighted by atomic mass is 10.1. The van der Waals surface area contributed by atoms with Gasteiger partial charge in [-0.2, -0.15) is 13.2 Å². The molecule has 0 spiro atoms. The van der Waals surface area contributed by atoms with Crippen molar-refractivity contribution in [2.24, 2.45) is 0 Å². The Morgan fingerprint density at radius 2 is 1.66 bits per heavy atom. The van der Waals surface area contributed by atoms with Gasteiger partial charge in [-0.05, 0) is 60.2 Å². The highest BCUT2D eigenvalue weighted by molar-refractivity contribution is 5.92. The van der Waals surface area contributed by atoms with Crippen molar-refractivity contribution in [2.75, 3.05) is 5.73 Å². The van der Waals surface area contributed by atoms with Crippen molar-refractivity contribution in [1.29, 1.82) is 0 Å². The van der Waals surface area contributed by atoms with E-state index in [2.05, 4.69) is 20.2 Å². The summed E-state index contributed by atoms with van der Waals surface area (Å²) in [6, 6.07) is 17.7. The van der Waals surface area contributed by atoms with E-state index in [1.807, 2.05) is 0 Å². The van der Waals surface area contributed by atoms with Gasteiger partial charge < -0.3 is 14.9 Å². The van der Waals surface area contributed by atoms with Crippen LogP contribution in [0.1, 0.15) is 11.5 Å². The first-order chi connectivity index (χ1) is 16.8. The first kappa shape index (κ1) is 22.3. The Morgan fingerprint density at radius 3 is 2.37 bits per heavy atom. The van der Waals surface area contributed by atoms with Crippen LogP contribution < -0.4 is 10.5 Å². The lowest BCUT2D eigenvalue weighted by Crippen LogP contribution is -2.04. The summed E-state index contributed by atoms with van der Waals surface area (Å²) in [7, 11) is 0. The molecule has 0 bridgehead atoms. The highest BCUT2D eigenvalue weighted by Crippen LogP contribution is 2.32. The SMILES string of the molecule is Nc1nc(-c2ccc(OCc3cccc(F)c3)cc2)nc2ccc(-c3nnc(C(F)(F)F)o3)cc12. The number of nitrogens with two attached hydrogens (primary N) is 1. The Kier molecular flexibility index (Phi) is 5.51. The molecule has 0 fully saturated rings. The second-order valence-corrected chi connectivity index (χ2v) is 7.52. The fourth-order valence-electron chi connectivity index (χ4n) is 3.36. The maximum absolute atomic E-state index is 13.3. The number of benzene rings is 3. The minimum atomic E-state index is -4.74. The largest absolute Gasteiger partial charge is 0.489 e. The molecular formula is C24H15F4N5O2. The highest BCUT2D eigenvalue weighted by Gasteiger charge is 2.38. The van der Waals surface area contributed by atoms with Crippen LogP contribution in [-0.2, 0) is 12.8 Å². The van der Waals surface area contributed by atoms with Gasteiger partial charge in [0.15, 0.2) is 5.82 Å². The number of aromatic nitrogens is 4. The summed E-state index contributed by atoms with van der Waals surface area (Å²) in [5.41, 5.74) is 8.23. The molecule has 0 aliphatic heterocycles. The number of ether oxygens (including phenoxy) is 1. The lowest BCUT2D eigenvalue weighted by Gasteiger charge is -2.09. The van der Waals surface area contributed by atoms with E-state index in [9.17, 15) is 17.6 Å². The standard InChI is InChI=1S/C24H15F4N5O2/c25-16-3-1-2-13(10-16)12-34-17-7-4-14(5-8-17)21-30-19-9-6-15(11-18(19)20(29)31-21)22-32-33-23(35-22)24(26,27)28/h1-11H,12H2,(H2,29,30,31).